The minimum atomic E-state index is 0.0573. The van der Waals surface area contributed by atoms with Gasteiger partial charge in [0, 0.05) is 25.4 Å². The van der Waals surface area contributed by atoms with Gasteiger partial charge in [0.15, 0.2) is 0 Å². The SMILES string of the molecule is COc1ccccc1C(C)CNC(=O)CCCn1cncn1. The molecule has 0 radical (unpaired) electrons. The molecule has 1 N–H and O–H groups in total. The molecule has 0 aliphatic carbocycles. The van der Waals surface area contributed by atoms with Crippen molar-refractivity contribution in [2.45, 2.75) is 32.2 Å². The largest absolute Gasteiger partial charge is 0.496 e. The molecular formula is C16H22N4O2. The second kappa shape index (κ2) is 8.17. The Morgan fingerprint density at radius 1 is 1.41 bits per heavy atom. The van der Waals surface area contributed by atoms with Crippen LogP contribution >= 0.6 is 0 Å². The molecule has 0 spiro atoms. The van der Waals surface area contributed by atoms with Crippen LogP contribution in [0.4, 0.5) is 0 Å². The molecule has 0 bridgehead atoms. The number of aryl methyl sites for hydroxylation is 1. The maximum absolute atomic E-state index is 11.9. The number of ether oxygens (including phenoxy) is 1. The van der Waals surface area contributed by atoms with E-state index in [0.717, 1.165) is 17.7 Å². The van der Waals surface area contributed by atoms with Crippen LogP contribution in [0.15, 0.2) is 36.9 Å². The predicted octanol–water partition coefficient (Wildman–Crippen LogP) is 1.99. The molecule has 1 aromatic heterocycles. The van der Waals surface area contributed by atoms with Crippen LogP contribution in [0.3, 0.4) is 0 Å². The first-order valence-electron chi connectivity index (χ1n) is 7.42. The van der Waals surface area contributed by atoms with Gasteiger partial charge in [0.1, 0.15) is 18.4 Å². The van der Waals surface area contributed by atoms with E-state index in [9.17, 15) is 4.79 Å². The second-order valence-electron chi connectivity index (χ2n) is 5.21. The lowest BCUT2D eigenvalue weighted by atomic mass is 10.00. The highest BCUT2D eigenvalue weighted by molar-refractivity contribution is 5.75. The number of rotatable bonds is 8. The lowest BCUT2D eigenvalue weighted by molar-refractivity contribution is -0.121. The first-order valence-corrected chi connectivity index (χ1v) is 7.42. The number of aromatic nitrogens is 3. The molecule has 0 fully saturated rings. The smallest absolute Gasteiger partial charge is 0.220 e. The number of carbonyl (C=O) groups excluding carboxylic acids is 1. The number of para-hydroxylation sites is 1. The van der Waals surface area contributed by atoms with Crippen LogP contribution in [-0.2, 0) is 11.3 Å². The van der Waals surface area contributed by atoms with Crippen LogP contribution in [0.5, 0.6) is 5.75 Å². The van der Waals surface area contributed by atoms with E-state index in [0.29, 0.717) is 19.5 Å². The highest BCUT2D eigenvalue weighted by Gasteiger charge is 2.12. The molecule has 0 aliphatic heterocycles. The maximum atomic E-state index is 11.9. The van der Waals surface area contributed by atoms with Crippen molar-refractivity contribution in [3.63, 3.8) is 0 Å². The molecule has 6 heteroatoms. The molecule has 6 nitrogen and oxygen atoms in total. The molecule has 1 aromatic carbocycles. The summed E-state index contributed by atoms with van der Waals surface area (Å²) >= 11 is 0. The number of carbonyl (C=O) groups is 1. The number of amides is 1. The van der Waals surface area contributed by atoms with E-state index in [1.807, 2.05) is 24.3 Å². The third-order valence-electron chi connectivity index (χ3n) is 3.53. The second-order valence-corrected chi connectivity index (χ2v) is 5.21. The standard InChI is InChI=1S/C16H22N4O2/c1-13(14-6-3-4-7-15(14)22-2)10-18-16(21)8-5-9-20-12-17-11-19-20/h3-4,6-7,11-13H,5,8-10H2,1-2H3,(H,18,21). The van der Waals surface area contributed by atoms with Gasteiger partial charge < -0.3 is 10.1 Å². The summed E-state index contributed by atoms with van der Waals surface area (Å²) < 4.78 is 7.08. The summed E-state index contributed by atoms with van der Waals surface area (Å²) in [6.07, 6.45) is 4.38. The topological polar surface area (TPSA) is 69.0 Å². The number of hydrogen-bond donors (Lipinski definition) is 1. The van der Waals surface area contributed by atoms with Gasteiger partial charge in [-0.25, -0.2) is 4.98 Å². The highest BCUT2D eigenvalue weighted by atomic mass is 16.5. The monoisotopic (exact) mass is 302 g/mol. The number of methoxy groups -OCH3 is 1. The summed E-state index contributed by atoms with van der Waals surface area (Å²) in [4.78, 5) is 15.7. The van der Waals surface area contributed by atoms with Crippen LogP contribution in [0, 0.1) is 0 Å². The molecule has 2 rings (SSSR count). The van der Waals surface area contributed by atoms with Gasteiger partial charge in [0.25, 0.3) is 0 Å². The molecule has 1 unspecified atom stereocenters. The molecule has 0 aliphatic rings. The van der Waals surface area contributed by atoms with Crippen molar-refractivity contribution >= 4 is 5.91 Å². The Hall–Kier alpha value is -2.37. The summed E-state index contributed by atoms with van der Waals surface area (Å²) in [7, 11) is 1.66. The fraction of sp³-hybridized carbons (Fsp3) is 0.438. The first kappa shape index (κ1) is 16.0. The van der Waals surface area contributed by atoms with Crippen LogP contribution in [0.2, 0.25) is 0 Å². The molecule has 0 saturated carbocycles. The van der Waals surface area contributed by atoms with Gasteiger partial charge in [0.2, 0.25) is 5.91 Å². The summed E-state index contributed by atoms with van der Waals surface area (Å²) in [6, 6.07) is 7.89. The molecule has 1 amide bonds. The lowest BCUT2D eigenvalue weighted by Gasteiger charge is -2.16. The zero-order chi connectivity index (χ0) is 15.8. The summed E-state index contributed by atoms with van der Waals surface area (Å²) in [5.74, 6) is 1.12. The molecular weight excluding hydrogens is 280 g/mol. The van der Waals surface area contributed by atoms with Crippen molar-refractivity contribution in [1.82, 2.24) is 20.1 Å². The van der Waals surface area contributed by atoms with Gasteiger partial charge in [-0.3, -0.25) is 9.48 Å². The Kier molecular flexibility index (Phi) is 5.94. The lowest BCUT2D eigenvalue weighted by Crippen LogP contribution is -2.27. The van der Waals surface area contributed by atoms with E-state index in [4.69, 9.17) is 4.74 Å². The molecule has 22 heavy (non-hydrogen) atoms. The highest BCUT2D eigenvalue weighted by Crippen LogP contribution is 2.25. The van der Waals surface area contributed by atoms with E-state index in [2.05, 4.69) is 22.3 Å². The fourth-order valence-electron chi connectivity index (χ4n) is 2.29. The van der Waals surface area contributed by atoms with E-state index in [-0.39, 0.29) is 11.8 Å². The van der Waals surface area contributed by atoms with Gasteiger partial charge in [-0.05, 0) is 18.1 Å². The minimum Gasteiger partial charge on any atom is -0.496 e. The van der Waals surface area contributed by atoms with Crippen LogP contribution in [0.25, 0.3) is 0 Å². The van der Waals surface area contributed by atoms with Crippen molar-refractivity contribution in [3.8, 4) is 5.75 Å². The van der Waals surface area contributed by atoms with Gasteiger partial charge in [-0.15, -0.1) is 0 Å². The quantitative estimate of drug-likeness (QED) is 0.809. The maximum Gasteiger partial charge on any atom is 0.220 e. The average Bonchev–Trinajstić information content (AvgIpc) is 3.06. The van der Waals surface area contributed by atoms with Crippen molar-refractivity contribution in [2.24, 2.45) is 0 Å². The number of benzene rings is 1. The third kappa shape index (κ3) is 4.58. The average molecular weight is 302 g/mol. The fourth-order valence-corrected chi connectivity index (χ4v) is 2.29. The minimum absolute atomic E-state index is 0.0573. The van der Waals surface area contributed by atoms with E-state index >= 15 is 0 Å². The van der Waals surface area contributed by atoms with Crippen LogP contribution in [-0.4, -0.2) is 34.3 Å². The molecule has 0 saturated heterocycles. The van der Waals surface area contributed by atoms with Crippen LogP contribution < -0.4 is 10.1 Å². The summed E-state index contributed by atoms with van der Waals surface area (Å²) in [5.41, 5.74) is 1.10. The summed E-state index contributed by atoms with van der Waals surface area (Å²) in [5, 5.41) is 6.98. The normalized spacial score (nSPS) is 11.9. The number of hydrogen-bond acceptors (Lipinski definition) is 4. The van der Waals surface area contributed by atoms with Crippen molar-refractivity contribution in [1.29, 1.82) is 0 Å². The molecule has 2 aromatic rings. The van der Waals surface area contributed by atoms with Crippen molar-refractivity contribution in [2.75, 3.05) is 13.7 Å². The third-order valence-corrected chi connectivity index (χ3v) is 3.53. The number of nitrogens with one attached hydrogen (secondary N) is 1. The molecule has 118 valence electrons. The Balaban J connectivity index is 1.73. The summed E-state index contributed by atoms with van der Waals surface area (Å²) in [6.45, 7) is 3.38. The van der Waals surface area contributed by atoms with Crippen molar-refractivity contribution < 1.29 is 9.53 Å². The Bertz CT molecular complexity index is 584. The predicted molar refractivity (Wildman–Crippen MR) is 83.7 cm³/mol. The van der Waals surface area contributed by atoms with Gasteiger partial charge in [-0.1, -0.05) is 25.1 Å². The van der Waals surface area contributed by atoms with Gasteiger partial charge in [-0.2, -0.15) is 5.10 Å². The van der Waals surface area contributed by atoms with Crippen LogP contribution in [0.1, 0.15) is 31.2 Å². The first-order chi connectivity index (χ1) is 10.7. The Morgan fingerprint density at radius 2 is 2.23 bits per heavy atom. The van der Waals surface area contributed by atoms with Gasteiger partial charge >= 0.3 is 0 Å². The van der Waals surface area contributed by atoms with E-state index in [1.165, 1.54) is 6.33 Å². The molecule has 1 heterocycles. The van der Waals surface area contributed by atoms with E-state index < -0.39 is 0 Å². The van der Waals surface area contributed by atoms with E-state index in [1.54, 1.807) is 18.1 Å². The Labute approximate surface area is 130 Å². The zero-order valence-corrected chi connectivity index (χ0v) is 13.0. The van der Waals surface area contributed by atoms with Crippen molar-refractivity contribution in [3.05, 3.63) is 42.5 Å². The molecule has 1 atom stereocenters. The zero-order valence-electron chi connectivity index (χ0n) is 13.0. The number of nitrogens with zero attached hydrogens (tertiary/aromatic N) is 3. The van der Waals surface area contributed by atoms with Gasteiger partial charge in [0.05, 0.1) is 7.11 Å². The Morgan fingerprint density at radius 3 is 2.95 bits per heavy atom.